The number of rotatable bonds is 4. The van der Waals surface area contributed by atoms with Gasteiger partial charge in [-0.05, 0) is 44.5 Å². The van der Waals surface area contributed by atoms with E-state index >= 15 is 0 Å². The Hall–Kier alpha value is -2.71. The van der Waals surface area contributed by atoms with Crippen molar-refractivity contribution in [2.75, 3.05) is 44.6 Å². The second kappa shape index (κ2) is 9.03. The molecule has 32 heavy (non-hydrogen) atoms. The molecule has 2 amide bonds. The number of aryl methyl sites for hydroxylation is 1. The number of piperazine rings is 1. The number of nitrogens with zero attached hydrogens (tertiary/aromatic N) is 4. The normalized spacial score (nSPS) is 19.2. The molecule has 168 valence electrons. The maximum Gasteiger partial charge on any atom is 0.229 e. The van der Waals surface area contributed by atoms with Gasteiger partial charge in [-0.1, -0.05) is 12.1 Å². The topological polar surface area (TPSA) is 68.2 Å². The van der Waals surface area contributed by atoms with Gasteiger partial charge in [0.1, 0.15) is 10.8 Å². The van der Waals surface area contributed by atoms with Gasteiger partial charge in [0.2, 0.25) is 11.8 Å². The fourth-order valence-electron chi connectivity index (χ4n) is 4.67. The third-order valence-corrected chi connectivity index (χ3v) is 7.35. The first kappa shape index (κ1) is 21.2. The van der Waals surface area contributed by atoms with Gasteiger partial charge in [0, 0.05) is 50.4 Å². The quantitative estimate of drug-likeness (QED) is 0.718. The summed E-state index contributed by atoms with van der Waals surface area (Å²) in [5.41, 5.74) is 3.20. The summed E-state index contributed by atoms with van der Waals surface area (Å²) in [6, 6.07) is 10.4. The highest BCUT2D eigenvalue weighted by Gasteiger charge is 2.28. The summed E-state index contributed by atoms with van der Waals surface area (Å²) in [7, 11) is 0. The van der Waals surface area contributed by atoms with E-state index in [9.17, 15) is 9.59 Å². The number of hydrogen-bond donors (Lipinski definition) is 1. The van der Waals surface area contributed by atoms with Crippen molar-refractivity contribution in [3.63, 3.8) is 0 Å². The first-order valence-corrected chi connectivity index (χ1v) is 12.3. The minimum atomic E-state index is -0.00630. The molecule has 0 spiro atoms. The summed E-state index contributed by atoms with van der Waals surface area (Å²) in [6.07, 6.45) is 2.55. The van der Waals surface area contributed by atoms with Crippen molar-refractivity contribution in [2.24, 2.45) is 4.99 Å². The molecule has 2 saturated heterocycles. The Bertz CT molecular complexity index is 1040. The van der Waals surface area contributed by atoms with Crippen LogP contribution in [0.1, 0.15) is 36.1 Å². The molecule has 5 rings (SSSR count). The lowest BCUT2D eigenvalue weighted by Crippen LogP contribution is -2.49. The van der Waals surface area contributed by atoms with Gasteiger partial charge < -0.3 is 10.2 Å². The van der Waals surface area contributed by atoms with E-state index in [1.54, 1.807) is 11.3 Å². The van der Waals surface area contributed by atoms with Crippen molar-refractivity contribution in [1.29, 1.82) is 0 Å². The van der Waals surface area contributed by atoms with Crippen LogP contribution >= 0.6 is 11.3 Å². The van der Waals surface area contributed by atoms with Gasteiger partial charge in [0.15, 0.2) is 0 Å². The molecule has 8 heteroatoms. The molecule has 0 radical (unpaired) electrons. The van der Waals surface area contributed by atoms with E-state index in [4.69, 9.17) is 4.99 Å². The van der Waals surface area contributed by atoms with E-state index in [-0.39, 0.29) is 11.8 Å². The zero-order chi connectivity index (χ0) is 22.1. The highest BCUT2D eigenvalue weighted by molar-refractivity contribution is 7.16. The number of piperidine rings is 1. The van der Waals surface area contributed by atoms with E-state index in [0.29, 0.717) is 25.8 Å². The van der Waals surface area contributed by atoms with Crippen molar-refractivity contribution in [2.45, 2.75) is 32.6 Å². The molecule has 1 aromatic carbocycles. The van der Waals surface area contributed by atoms with Crippen molar-refractivity contribution in [3.05, 3.63) is 40.8 Å². The van der Waals surface area contributed by atoms with E-state index < -0.39 is 0 Å². The monoisotopic (exact) mass is 451 g/mol. The lowest BCUT2D eigenvalue weighted by molar-refractivity contribution is -0.148. The summed E-state index contributed by atoms with van der Waals surface area (Å²) in [6.45, 7) is 7.33. The standard InChI is InChI=1S/C24H29N5O2S/c1-17-16-18-23(25-19-6-2-3-7-20(19)26-24(18)32-17)28-14-12-27(13-15-28)10-5-11-29-21(30)8-4-9-22(29)31/h2-3,6-7,16,26H,4-5,8-15H2,1H3. The van der Waals surface area contributed by atoms with Crippen LogP contribution in [0.15, 0.2) is 35.3 Å². The van der Waals surface area contributed by atoms with Gasteiger partial charge in [-0.3, -0.25) is 19.4 Å². The molecule has 0 bridgehead atoms. The molecule has 0 atom stereocenters. The minimum absolute atomic E-state index is 0.00630. The van der Waals surface area contributed by atoms with Crippen LogP contribution in [0.5, 0.6) is 0 Å². The van der Waals surface area contributed by atoms with E-state index in [1.807, 2.05) is 12.1 Å². The number of fused-ring (bicyclic) bond motifs is 2. The van der Waals surface area contributed by atoms with Crippen molar-refractivity contribution in [1.82, 2.24) is 14.7 Å². The summed E-state index contributed by atoms with van der Waals surface area (Å²) in [5.74, 6) is 1.03. The number of nitrogens with one attached hydrogen (secondary N) is 1. The molecule has 1 aromatic heterocycles. The van der Waals surface area contributed by atoms with Crippen LogP contribution in [0, 0.1) is 6.92 Å². The van der Waals surface area contributed by atoms with Gasteiger partial charge in [0.05, 0.1) is 16.9 Å². The molecule has 4 heterocycles. The SMILES string of the molecule is Cc1cc2c(s1)Nc1ccccc1N=C2N1CCN(CCCN2C(=O)CCCC2=O)CC1. The predicted octanol–water partition coefficient (Wildman–Crippen LogP) is 3.74. The van der Waals surface area contributed by atoms with Gasteiger partial charge >= 0.3 is 0 Å². The van der Waals surface area contributed by atoms with Crippen LogP contribution in [0.25, 0.3) is 0 Å². The van der Waals surface area contributed by atoms with Crippen molar-refractivity contribution < 1.29 is 9.59 Å². The van der Waals surface area contributed by atoms with Crippen LogP contribution in [-0.4, -0.2) is 71.6 Å². The molecular weight excluding hydrogens is 422 g/mol. The predicted molar refractivity (Wildman–Crippen MR) is 128 cm³/mol. The Balaban J connectivity index is 1.22. The molecule has 3 aliphatic heterocycles. The maximum atomic E-state index is 12.0. The van der Waals surface area contributed by atoms with Gasteiger partial charge in [-0.25, -0.2) is 4.99 Å². The Kier molecular flexibility index (Phi) is 5.97. The van der Waals surface area contributed by atoms with Gasteiger partial charge in [0.25, 0.3) is 0 Å². The number of amides is 2. The molecular formula is C24H29N5O2S. The number of hydrogen-bond acceptors (Lipinski definition) is 7. The summed E-state index contributed by atoms with van der Waals surface area (Å²) in [5, 5.41) is 4.73. The van der Waals surface area contributed by atoms with E-state index in [1.165, 1.54) is 15.3 Å². The van der Waals surface area contributed by atoms with Gasteiger partial charge in [-0.15, -0.1) is 11.3 Å². The van der Waals surface area contributed by atoms with E-state index in [2.05, 4.69) is 40.2 Å². The number of likely N-dealkylation sites (tertiary alicyclic amines) is 1. The third-order valence-electron chi connectivity index (χ3n) is 6.39. The van der Waals surface area contributed by atoms with E-state index in [0.717, 1.165) is 61.4 Å². The Morgan fingerprint density at radius 2 is 1.78 bits per heavy atom. The number of thiophene rings is 1. The largest absolute Gasteiger partial charge is 0.353 e. The lowest BCUT2D eigenvalue weighted by atomic mass is 10.1. The molecule has 1 N–H and O–H groups in total. The zero-order valence-corrected chi connectivity index (χ0v) is 19.3. The smallest absolute Gasteiger partial charge is 0.229 e. The number of carbonyl (C=O) groups is 2. The number of anilines is 2. The fraction of sp³-hybridized carbons (Fsp3) is 0.458. The van der Waals surface area contributed by atoms with Gasteiger partial charge in [-0.2, -0.15) is 0 Å². The van der Waals surface area contributed by atoms with Crippen molar-refractivity contribution in [3.8, 4) is 0 Å². The van der Waals surface area contributed by atoms with Crippen LogP contribution in [0.4, 0.5) is 16.4 Å². The average Bonchev–Trinajstić information content (AvgIpc) is 3.08. The van der Waals surface area contributed by atoms with Crippen LogP contribution in [0.3, 0.4) is 0 Å². The number of imide groups is 1. The van der Waals surface area contributed by atoms with Crippen molar-refractivity contribution >= 4 is 45.4 Å². The molecule has 3 aliphatic rings. The molecule has 7 nitrogen and oxygen atoms in total. The number of carbonyl (C=O) groups excluding carboxylic acids is 2. The number of amidine groups is 1. The molecule has 0 unspecified atom stereocenters. The third kappa shape index (κ3) is 4.29. The highest BCUT2D eigenvalue weighted by Crippen LogP contribution is 2.39. The highest BCUT2D eigenvalue weighted by atomic mass is 32.1. The summed E-state index contributed by atoms with van der Waals surface area (Å²) < 4.78 is 0. The fourth-order valence-corrected chi connectivity index (χ4v) is 5.59. The Morgan fingerprint density at radius 1 is 1.03 bits per heavy atom. The number of aliphatic imine (C=N–C) groups is 1. The Labute approximate surface area is 192 Å². The summed E-state index contributed by atoms with van der Waals surface area (Å²) in [4.78, 5) is 36.6. The first-order chi connectivity index (χ1) is 15.6. The maximum absolute atomic E-state index is 12.0. The Morgan fingerprint density at radius 3 is 2.56 bits per heavy atom. The van der Waals surface area contributed by atoms with Crippen LogP contribution < -0.4 is 5.32 Å². The average molecular weight is 452 g/mol. The number of para-hydroxylation sites is 2. The molecule has 2 fully saturated rings. The number of benzene rings is 1. The lowest BCUT2D eigenvalue weighted by Gasteiger charge is -2.36. The minimum Gasteiger partial charge on any atom is -0.353 e. The first-order valence-electron chi connectivity index (χ1n) is 11.4. The second-order valence-electron chi connectivity index (χ2n) is 8.65. The van der Waals surface area contributed by atoms with Crippen LogP contribution in [-0.2, 0) is 9.59 Å². The molecule has 0 saturated carbocycles. The summed E-state index contributed by atoms with van der Waals surface area (Å²) >= 11 is 1.77. The second-order valence-corrected chi connectivity index (χ2v) is 9.91. The molecule has 2 aromatic rings. The van der Waals surface area contributed by atoms with Crippen LogP contribution in [0.2, 0.25) is 0 Å². The molecule has 0 aliphatic carbocycles. The zero-order valence-electron chi connectivity index (χ0n) is 18.5.